The molecule has 0 spiro atoms. The van der Waals surface area contributed by atoms with Gasteiger partial charge in [0.05, 0.1) is 19.1 Å². The molecule has 2 aromatic rings. The number of nitrogens with one attached hydrogen (secondary N) is 1. The van der Waals surface area contributed by atoms with E-state index in [2.05, 4.69) is 5.32 Å². The number of carbonyl (C=O) groups is 2. The minimum absolute atomic E-state index is 0.146. The molecule has 1 N–H and O–H groups in total. The maximum Gasteiger partial charge on any atom is 0.244 e. The molecule has 35 heavy (non-hydrogen) atoms. The van der Waals surface area contributed by atoms with E-state index in [1.807, 2.05) is 51.1 Å². The molecule has 0 fully saturated rings. The first kappa shape index (κ1) is 28.5. The van der Waals surface area contributed by atoms with Crippen molar-refractivity contribution in [1.29, 1.82) is 0 Å². The first-order chi connectivity index (χ1) is 16.5. The molecule has 2 amide bonds. The molecule has 10 heteroatoms. The molecule has 0 saturated carbocycles. The summed E-state index contributed by atoms with van der Waals surface area (Å²) in [6, 6.07) is 13.0. The van der Waals surface area contributed by atoms with Gasteiger partial charge in [-0.15, -0.1) is 0 Å². The molecule has 1 unspecified atom stereocenters. The van der Waals surface area contributed by atoms with Crippen molar-refractivity contribution in [3.8, 4) is 5.75 Å². The number of anilines is 1. The summed E-state index contributed by atoms with van der Waals surface area (Å²) in [6.45, 7) is 5.89. The van der Waals surface area contributed by atoms with Crippen molar-refractivity contribution in [3.05, 3.63) is 59.1 Å². The maximum atomic E-state index is 13.7. The normalized spacial score (nSPS) is 12.2. The number of sulfonamides is 1. The first-order valence-electron chi connectivity index (χ1n) is 11.4. The Labute approximate surface area is 213 Å². The van der Waals surface area contributed by atoms with E-state index in [4.69, 9.17) is 16.3 Å². The Bertz CT molecular complexity index is 1110. The highest BCUT2D eigenvalue weighted by Crippen LogP contribution is 2.33. The van der Waals surface area contributed by atoms with Gasteiger partial charge in [0.25, 0.3) is 0 Å². The smallest absolute Gasteiger partial charge is 0.244 e. The number of nitrogens with zero attached hydrogens (tertiary/aromatic N) is 2. The molecule has 192 valence electrons. The summed E-state index contributed by atoms with van der Waals surface area (Å²) in [5, 5.41) is 3.19. The van der Waals surface area contributed by atoms with Gasteiger partial charge in [0.15, 0.2) is 0 Å². The zero-order valence-corrected chi connectivity index (χ0v) is 22.4. The van der Waals surface area contributed by atoms with Gasteiger partial charge in [-0.3, -0.25) is 13.9 Å². The number of methoxy groups -OCH3 is 1. The van der Waals surface area contributed by atoms with Crippen LogP contribution in [0.15, 0.2) is 48.5 Å². The lowest BCUT2D eigenvalue weighted by molar-refractivity contribution is -0.140. The number of hydrogen-bond donors (Lipinski definition) is 1. The summed E-state index contributed by atoms with van der Waals surface area (Å²) in [7, 11) is -2.49. The minimum atomic E-state index is -3.90. The zero-order valence-electron chi connectivity index (χ0n) is 20.8. The molecule has 0 aliphatic rings. The molecule has 2 rings (SSSR count). The third-order valence-corrected chi connectivity index (χ3v) is 6.72. The Hall–Kier alpha value is -2.78. The van der Waals surface area contributed by atoms with Gasteiger partial charge in [0.2, 0.25) is 21.8 Å². The summed E-state index contributed by atoms with van der Waals surface area (Å²) >= 11 is 6.12. The summed E-state index contributed by atoms with van der Waals surface area (Å²) < 4.78 is 31.8. The quantitative estimate of drug-likeness (QED) is 0.457. The second-order valence-electron chi connectivity index (χ2n) is 8.66. The Morgan fingerprint density at radius 3 is 2.31 bits per heavy atom. The summed E-state index contributed by atoms with van der Waals surface area (Å²) in [6.07, 6.45) is 1.37. The predicted molar refractivity (Wildman–Crippen MR) is 139 cm³/mol. The van der Waals surface area contributed by atoms with Gasteiger partial charge in [-0.2, -0.15) is 0 Å². The minimum Gasteiger partial charge on any atom is -0.495 e. The Morgan fingerprint density at radius 2 is 1.77 bits per heavy atom. The van der Waals surface area contributed by atoms with Gasteiger partial charge in [-0.05, 0) is 36.1 Å². The van der Waals surface area contributed by atoms with Gasteiger partial charge < -0.3 is 15.0 Å². The van der Waals surface area contributed by atoms with Gasteiger partial charge >= 0.3 is 0 Å². The second kappa shape index (κ2) is 12.8. The second-order valence-corrected chi connectivity index (χ2v) is 11.0. The van der Waals surface area contributed by atoms with Crippen molar-refractivity contribution >= 4 is 39.1 Å². The molecule has 0 aromatic heterocycles. The third-order valence-electron chi connectivity index (χ3n) is 5.35. The summed E-state index contributed by atoms with van der Waals surface area (Å²) in [5.41, 5.74) is 0.968. The topological polar surface area (TPSA) is 96.0 Å². The molecule has 0 aliphatic carbocycles. The zero-order chi connectivity index (χ0) is 26.2. The monoisotopic (exact) mass is 523 g/mol. The number of hydrogen-bond acceptors (Lipinski definition) is 5. The molecular formula is C25H34ClN3O5S. The molecular weight excluding hydrogens is 490 g/mol. The standard InChI is InChI=1S/C25H34ClN3O5S/c1-6-21(25(31)27-15-18(2)3)28(16-19-10-8-7-9-11-19)24(30)17-29(35(5,32)33)22-14-20(26)12-13-23(22)34-4/h7-14,18,21H,6,15-17H2,1-5H3,(H,27,31). The lowest BCUT2D eigenvalue weighted by atomic mass is 10.1. The molecule has 1 atom stereocenters. The third kappa shape index (κ3) is 8.14. The number of amides is 2. The molecule has 8 nitrogen and oxygen atoms in total. The molecule has 0 aliphatic heterocycles. The molecule has 2 aromatic carbocycles. The fourth-order valence-electron chi connectivity index (χ4n) is 3.57. The SMILES string of the molecule is CCC(C(=O)NCC(C)C)N(Cc1ccccc1)C(=O)CN(c1cc(Cl)ccc1OC)S(C)(=O)=O. The first-order valence-corrected chi connectivity index (χ1v) is 13.6. The van der Waals surface area contributed by atoms with Crippen LogP contribution in [-0.2, 0) is 26.2 Å². The fourth-order valence-corrected chi connectivity index (χ4v) is 4.59. The maximum absolute atomic E-state index is 13.7. The van der Waals surface area contributed by atoms with Crippen LogP contribution < -0.4 is 14.4 Å². The molecule has 0 heterocycles. The summed E-state index contributed by atoms with van der Waals surface area (Å²) in [5.74, 6) is -0.306. The van der Waals surface area contributed by atoms with Crippen LogP contribution in [0.4, 0.5) is 5.69 Å². The van der Waals surface area contributed by atoms with Crippen LogP contribution in [0.25, 0.3) is 0 Å². The van der Waals surface area contributed by atoms with Gasteiger partial charge in [-0.1, -0.05) is 62.7 Å². The number of benzene rings is 2. The average Bonchev–Trinajstić information content (AvgIpc) is 2.80. The largest absolute Gasteiger partial charge is 0.495 e. The number of ether oxygens (including phenoxy) is 1. The van der Waals surface area contributed by atoms with E-state index in [1.54, 1.807) is 6.07 Å². The van der Waals surface area contributed by atoms with Crippen molar-refractivity contribution in [2.24, 2.45) is 5.92 Å². The van der Waals surface area contributed by atoms with Crippen LogP contribution in [0.3, 0.4) is 0 Å². The van der Waals surface area contributed by atoms with Crippen molar-refractivity contribution in [1.82, 2.24) is 10.2 Å². The highest BCUT2D eigenvalue weighted by Gasteiger charge is 2.32. The average molecular weight is 524 g/mol. The Morgan fingerprint density at radius 1 is 1.11 bits per heavy atom. The van der Waals surface area contributed by atoms with Gasteiger partial charge in [0.1, 0.15) is 18.3 Å². The highest BCUT2D eigenvalue weighted by molar-refractivity contribution is 7.92. The highest BCUT2D eigenvalue weighted by atomic mass is 35.5. The van der Waals surface area contributed by atoms with E-state index < -0.39 is 28.5 Å². The Kier molecular flexibility index (Phi) is 10.4. The van der Waals surface area contributed by atoms with Crippen molar-refractivity contribution in [2.75, 3.05) is 30.8 Å². The molecule has 0 radical (unpaired) electrons. The van der Waals surface area contributed by atoms with Crippen LogP contribution in [0, 0.1) is 5.92 Å². The van der Waals surface area contributed by atoms with Crippen molar-refractivity contribution in [2.45, 2.75) is 39.8 Å². The fraction of sp³-hybridized carbons (Fsp3) is 0.440. The van der Waals surface area contributed by atoms with Gasteiger partial charge in [0, 0.05) is 18.1 Å². The van der Waals surface area contributed by atoms with E-state index in [9.17, 15) is 18.0 Å². The van der Waals surface area contributed by atoms with Crippen LogP contribution in [0.2, 0.25) is 5.02 Å². The number of carbonyl (C=O) groups excluding carboxylic acids is 2. The van der Waals surface area contributed by atoms with Crippen molar-refractivity contribution in [3.63, 3.8) is 0 Å². The van der Waals surface area contributed by atoms with E-state index in [0.717, 1.165) is 16.1 Å². The number of rotatable bonds is 12. The number of halogens is 1. The van der Waals surface area contributed by atoms with E-state index in [0.29, 0.717) is 18.0 Å². The van der Waals surface area contributed by atoms with Crippen molar-refractivity contribution < 1.29 is 22.7 Å². The van der Waals surface area contributed by atoms with E-state index in [1.165, 1.54) is 24.1 Å². The van der Waals surface area contributed by atoms with Crippen LogP contribution in [0.5, 0.6) is 5.75 Å². The lowest BCUT2D eigenvalue weighted by Crippen LogP contribution is -2.52. The van der Waals surface area contributed by atoms with Gasteiger partial charge in [-0.25, -0.2) is 8.42 Å². The Balaban J connectivity index is 2.46. The van der Waals surface area contributed by atoms with Crippen LogP contribution in [-0.4, -0.2) is 57.6 Å². The molecule has 0 saturated heterocycles. The van der Waals surface area contributed by atoms with E-state index >= 15 is 0 Å². The van der Waals surface area contributed by atoms with Crippen LogP contribution >= 0.6 is 11.6 Å². The predicted octanol–water partition coefficient (Wildman–Crippen LogP) is 3.69. The van der Waals surface area contributed by atoms with Crippen LogP contribution in [0.1, 0.15) is 32.8 Å². The molecule has 0 bridgehead atoms. The van der Waals surface area contributed by atoms with E-state index in [-0.39, 0.29) is 29.8 Å². The summed E-state index contributed by atoms with van der Waals surface area (Å²) in [4.78, 5) is 28.1. The lowest BCUT2D eigenvalue weighted by Gasteiger charge is -2.33.